The number of para-hydroxylation sites is 1. The number of nitrogens with zero attached hydrogens (tertiary/aromatic N) is 1. The number of halogens is 1. The third-order valence-corrected chi connectivity index (χ3v) is 3.12. The van der Waals surface area contributed by atoms with Crippen molar-refractivity contribution in [2.75, 3.05) is 5.73 Å². The molecule has 0 saturated heterocycles. The summed E-state index contributed by atoms with van der Waals surface area (Å²) < 4.78 is 1.08. The first-order valence-corrected chi connectivity index (χ1v) is 5.96. The lowest BCUT2D eigenvalue weighted by Gasteiger charge is -2.05. The van der Waals surface area contributed by atoms with E-state index in [1.54, 1.807) is 12.1 Å². The Morgan fingerprint density at radius 3 is 2.35 bits per heavy atom. The van der Waals surface area contributed by atoms with Crippen LogP contribution in [0.2, 0.25) is 0 Å². The van der Waals surface area contributed by atoms with Gasteiger partial charge < -0.3 is 5.73 Å². The summed E-state index contributed by atoms with van der Waals surface area (Å²) >= 11 is 2.19. The molecule has 0 amide bonds. The normalized spacial score (nSPS) is 10.2. The largest absolute Gasteiger partial charge is 0.393 e. The molecule has 5 heteroatoms. The van der Waals surface area contributed by atoms with Crippen LogP contribution in [0, 0.1) is 13.7 Å². The molecule has 0 unspecified atom stereocenters. The Morgan fingerprint density at radius 1 is 1.12 bits per heavy atom. The second-order valence-corrected chi connectivity index (χ2v) is 4.75. The second-order valence-electron chi connectivity index (χ2n) is 3.51. The van der Waals surface area contributed by atoms with E-state index in [1.165, 1.54) is 6.07 Å². The first-order chi connectivity index (χ1) is 8.09. The highest BCUT2D eigenvalue weighted by atomic mass is 127. The van der Waals surface area contributed by atoms with Crippen molar-refractivity contribution in [1.82, 2.24) is 0 Å². The molecule has 2 rings (SSSR count). The minimum Gasteiger partial charge on any atom is -0.393 e. The lowest BCUT2D eigenvalue weighted by Crippen LogP contribution is -1.97. The smallest absolute Gasteiger partial charge is 0.299 e. The van der Waals surface area contributed by atoms with E-state index in [0.29, 0.717) is 5.56 Å². The number of nitro benzene ring substituents is 1. The molecule has 0 heterocycles. The summed E-state index contributed by atoms with van der Waals surface area (Å²) in [5.74, 6) is 0. The van der Waals surface area contributed by atoms with E-state index in [9.17, 15) is 10.1 Å². The molecule has 2 N–H and O–H groups in total. The van der Waals surface area contributed by atoms with E-state index < -0.39 is 4.92 Å². The Balaban J connectivity index is 2.63. The molecular weight excluding hydrogens is 331 g/mol. The van der Waals surface area contributed by atoms with Crippen LogP contribution in [0.4, 0.5) is 11.4 Å². The Bertz CT molecular complexity index is 567. The number of nitro groups is 1. The van der Waals surface area contributed by atoms with E-state index in [4.69, 9.17) is 5.73 Å². The fourth-order valence-electron chi connectivity index (χ4n) is 1.63. The van der Waals surface area contributed by atoms with Gasteiger partial charge in [-0.1, -0.05) is 18.2 Å². The third kappa shape index (κ3) is 2.38. The number of hydrogen-bond acceptors (Lipinski definition) is 3. The van der Waals surface area contributed by atoms with Crippen molar-refractivity contribution in [2.24, 2.45) is 0 Å². The van der Waals surface area contributed by atoms with Crippen molar-refractivity contribution in [3.63, 3.8) is 0 Å². The summed E-state index contributed by atoms with van der Waals surface area (Å²) in [5.41, 5.74) is 7.14. The second kappa shape index (κ2) is 4.70. The summed E-state index contributed by atoms with van der Waals surface area (Å²) in [6.45, 7) is 0. The molecule has 2 aromatic rings. The topological polar surface area (TPSA) is 69.2 Å². The van der Waals surface area contributed by atoms with Crippen molar-refractivity contribution in [1.29, 1.82) is 0 Å². The summed E-state index contributed by atoms with van der Waals surface area (Å²) in [7, 11) is 0. The molecule has 17 heavy (non-hydrogen) atoms. The highest BCUT2D eigenvalue weighted by Crippen LogP contribution is 2.34. The van der Waals surface area contributed by atoms with Crippen molar-refractivity contribution in [2.45, 2.75) is 0 Å². The Labute approximate surface area is 112 Å². The summed E-state index contributed by atoms with van der Waals surface area (Å²) in [6, 6.07) is 12.5. The van der Waals surface area contributed by atoms with Crippen molar-refractivity contribution in [3.05, 3.63) is 56.1 Å². The molecule has 0 fully saturated rings. The summed E-state index contributed by atoms with van der Waals surface area (Å²) in [6.07, 6.45) is 0. The van der Waals surface area contributed by atoms with Gasteiger partial charge in [0.2, 0.25) is 0 Å². The van der Waals surface area contributed by atoms with E-state index >= 15 is 0 Å². The van der Waals surface area contributed by atoms with Crippen LogP contribution in [0.15, 0.2) is 42.5 Å². The molecule has 0 aliphatic heterocycles. The van der Waals surface area contributed by atoms with Gasteiger partial charge >= 0.3 is 0 Å². The molecule has 2 aromatic carbocycles. The fourth-order valence-corrected chi connectivity index (χ4v) is 1.99. The highest BCUT2D eigenvalue weighted by molar-refractivity contribution is 14.1. The van der Waals surface area contributed by atoms with Gasteiger partial charge in [0.1, 0.15) is 5.69 Å². The Kier molecular flexibility index (Phi) is 3.28. The molecule has 0 aliphatic carbocycles. The fraction of sp³-hybridized carbons (Fsp3) is 0. The highest BCUT2D eigenvalue weighted by Gasteiger charge is 2.18. The van der Waals surface area contributed by atoms with Gasteiger partial charge in [-0.2, -0.15) is 0 Å². The Morgan fingerprint density at radius 2 is 1.76 bits per heavy atom. The minimum atomic E-state index is -0.442. The lowest BCUT2D eigenvalue weighted by molar-refractivity contribution is -0.383. The van der Waals surface area contributed by atoms with Gasteiger partial charge in [-0.25, -0.2) is 0 Å². The van der Waals surface area contributed by atoms with Crippen LogP contribution in [-0.2, 0) is 0 Å². The zero-order valence-electron chi connectivity index (χ0n) is 8.76. The maximum absolute atomic E-state index is 11.0. The minimum absolute atomic E-state index is 0.0336. The molecular formula is C12H9IN2O2. The quantitative estimate of drug-likeness (QED) is 0.394. The van der Waals surface area contributed by atoms with Crippen molar-refractivity contribution >= 4 is 34.0 Å². The lowest BCUT2D eigenvalue weighted by atomic mass is 10.0. The van der Waals surface area contributed by atoms with Gasteiger partial charge in [-0.3, -0.25) is 10.1 Å². The van der Waals surface area contributed by atoms with Crippen molar-refractivity contribution in [3.8, 4) is 11.1 Å². The SMILES string of the molecule is Nc1cccc(-c2ccc(I)cc2)c1[N+](=O)[O-]. The van der Waals surface area contributed by atoms with Crippen LogP contribution in [0.25, 0.3) is 11.1 Å². The van der Waals surface area contributed by atoms with Crippen LogP contribution in [0.1, 0.15) is 0 Å². The van der Waals surface area contributed by atoms with Crippen LogP contribution >= 0.6 is 22.6 Å². The molecule has 86 valence electrons. The molecule has 4 nitrogen and oxygen atoms in total. The number of rotatable bonds is 2. The number of anilines is 1. The third-order valence-electron chi connectivity index (χ3n) is 2.41. The Hall–Kier alpha value is -1.63. The average molecular weight is 340 g/mol. The molecule has 0 aliphatic rings. The maximum Gasteiger partial charge on any atom is 0.299 e. The molecule has 0 radical (unpaired) electrons. The van der Waals surface area contributed by atoms with E-state index in [1.807, 2.05) is 24.3 Å². The van der Waals surface area contributed by atoms with Crippen LogP contribution in [0.5, 0.6) is 0 Å². The summed E-state index contributed by atoms with van der Waals surface area (Å²) in [4.78, 5) is 10.6. The predicted octanol–water partition coefficient (Wildman–Crippen LogP) is 3.45. The molecule has 0 aromatic heterocycles. The van der Waals surface area contributed by atoms with Crippen molar-refractivity contribution < 1.29 is 4.92 Å². The van der Waals surface area contributed by atoms with E-state index in [2.05, 4.69) is 22.6 Å². The number of nitrogen functional groups attached to an aromatic ring is 1. The average Bonchev–Trinajstić information content (AvgIpc) is 2.29. The predicted molar refractivity (Wildman–Crippen MR) is 75.7 cm³/mol. The van der Waals surface area contributed by atoms with E-state index in [-0.39, 0.29) is 11.4 Å². The van der Waals surface area contributed by atoms with Gasteiger partial charge in [0.05, 0.1) is 10.5 Å². The molecule has 0 bridgehead atoms. The standard InChI is InChI=1S/C12H9IN2O2/c13-9-6-4-8(5-7-9)10-2-1-3-11(14)12(10)15(16)17/h1-7H,14H2. The van der Waals surface area contributed by atoms with Gasteiger partial charge in [-0.05, 0) is 52.4 Å². The van der Waals surface area contributed by atoms with Crippen LogP contribution < -0.4 is 5.73 Å². The number of nitrogens with two attached hydrogens (primary N) is 1. The zero-order valence-corrected chi connectivity index (χ0v) is 10.9. The first-order valence-electron chi connectivity index (χ1n) is 4.88. The van der Waals surface area contributed by atoms with Gasteiger partial charge in [0, 0.05) is 3.57 Å². The number of hydrogen-bond donors (Lipinski definition) is 1. The van der Waals surface area contributed by atoms with Gasteiger partial charge in [0.15, 0.2) is 0 Å². The van der Waals surface area contributed by atoms with E-state index in [0.717, 1.165) is 9.13 Å². The first kappa shape index (κ1) is 11.8. The van der Waals surface area contributed by atoms with Gasteiger partial charge in [0.25, 0.3) is 5.69 Å². The molecule has 0 saturated carbocycles. The molecule has 0 spiro atoms. The molecule has 0 atom stereocenters. The van der Waals surface area contributed by atoms with Crippen LogP contribution in [0.3, 0.4) is 0 Å². The maximum atomic E-state index is 11.0. The monoisotopic (exact) mass is 340 g/mol. The van der Waals surface area contributed by atoms with Crippen LogP contribution in [-0.4, -0.2) is 4.92 Å². The van der Waals surface area contributed by atoms with Gasteiger partial charge in [-0.15, -0.1) is 0 Å². The summed E-state index contributed by atoms with van der Waals surface area (Å²) in [5, 5.41) is 11.0. The zero-order chi connectivity index (χ0) is 12.4. The number of benzene rings is 2.